The first-order chi connectivity index (χ1) is 7.61. The van der Waals surface area contributed by atoms with Gasteiger partial charge in [0.25, 0.3) is 0 Å². The van der Waals surface area contributed by atoms with Gasteiger partial charge in [0.2, 0.25) is 0 Å². The highest BCUT2D eigenvalue weighted by molar-refractivity contribution is 5.90. The minimum atomic E-state index is -1.58. The lowest BCUT2D eigenvalue weighted by atomic mass is 10.1. The first kappa shape index (κ1) is 9.93. The van der Waals surface area contributed by atoms with Crippen LogP contribution in [-0.2, 0) is 0 Å². The Bertz CT molecular complexity index is 678. The number of nitriles is 1. The number of carboxylic acids is 1. The molecule has 5 nitrogen and oxygen atoms in total. The van der Waals surface area contributed by atoms with Gasteiger partial charge in [-0.2, -0.15) is 5.26 Å². The molecular formula is C11H4NO4-. The fourth-order valence-corrected chi connectivity index (χ4v) is 1.32. The third-order valence-corrected chi connectivity index (χ3v) is 2.08. The van der Waals surface area contributed by atoms with Crippen LogP contribution in [0.3, 0.4) is 0 Å². The highest BCUT2D eigenvalue weighted by Crippen LogP contribution is 2.14. The molecule has 1 heterocycles. The van der Waals surface area contributed by atoms with Crippen molar-refractivity contribution in [2.45, 2.75) is 0 Å². The fraction of sp³-hybridized carbons (Fsp3) is 0. The summed E-state index contributed by atoms with van der Waals surface area (Å²) < 4.78 is 4.77. The van der Waals surface area contributed by atoms with Crippen LogP contribution < -0.4 is 10.7 Å². The van der Waals surface area contributed by atoms with Gasteiger partial charge in [0.05, 0.1) is 23.2 Å². The van der Waals surface area contributed by atoms with Crippen LogP contribution >= 0.6 is 0 Å². The fourth-order valence-electron chi connectivity index (χ4n) is 1.32. The third kappa shape index (κ3) is 1.53. The number of fused-ring (bicyclic) bond motifs is 1. The van der Waals surface area contributed by atoms with E-state index >= 15 is 0 Å². The number of carbonyl (C=O) groups excluding carboxylic acids is 1. The lowest BCUT2D eigenvalue weighted by molar-refractivity contribution is -0.255. The Balaban J connectivity index is 2.80. The smallest absolute Gasteiger partial charge is 0.345 e. The standard InChI is InChI=1S/C11H5NO4/c12-5-6-1-2-7-4-8(10(13)14)11(15)16-9(7)3-6/h1-4H,(H,13,14)/p-1. The molecule has 0 atom stereocenters. The van der Waals surface area contributed by atoms with E-state index < -0.39 is 17.2 Å². The van der Waals surface area contributed by atoms with Crippen LogP contribution in [0.25, 0.3) is 11.0 Å². The van der Waals surface area contributed by atoms with Crippen LogP contribution in [0, 0.1) is 11.3 Å². The summed E-state index contributed by atoms with van der Waals surface area (Å²) in [7, 11) is 0. The van der Waals surface area contributed by atoms with Crippen molar-refractivity contribution in [3.8, 4) is 6.07 Å². The van der Waals surface area contributed by atoms with Gasteiger partial charge in [-0.25, -0.2) is 4.79 Å². The van der Waals surface area contributed by atoms with E-state index in [2.05, 4.69) is 0 Å². The molecule has 0 unspecified atom stereocenters. The van der Waals surface area contributed by atoms with Crippen molar-refractivity contribution in [1.82, 2.24) is 0 Å². The van der Waals surface area contributed by atoms with Crippen molar-refractivity contribution in [2.75, 3.05) is 0 Å². The maximum Gasteiger partial charge on any atom is 0.345 e. The summed E-state index contributed by atoms with van der Waals surface area (Å²) in [6.07, 6.45) is 0. The van der Waals surface area contributed by atoms with E-state index in [1.807, 2.05) is 6.07 Å². The van der Waals surface area contributed by atoms with E-state index in [0.29, 0.717) is 10.9 Å². The molecule has 0 fully saturated rings. The topological polar surface area (TPSA) is 94.1 Å². The van der Waals surface area contributed by atoms with Crippen molar-refractivity contribution in [3.05, 3.63) is 45.8 Å². The Morgan fingerprint density at radius 1 is 1.38 bits per heavy atom. The Morgan fingerprint density at radius 2 is 2.12 bits per heavy atom. The Labute approximate surface area is 89.2 Å². The first-order valence-electron chi connectivity index (χ1n) is 4.31. The van der Waals surface area contributed by atoms with Crippen molar-refractivity contribution in [2.24, 2.45) is 0 Å². The molecule has 78 valence electrons. The number of nitrogens with zero attached hydrogens (tertiary/aromatic N) is 1. The molecule has 5 heteroatoms. The molecule has 0 spiro atoms. The normalized spacial score (nSPS) is 9.94. The van der Waals surface area contributed by atoms with Gasteiger partial charge < -0.3 is 14.3 Å². The third-order valence-electron chi connectivity index (χ3n) is 2.08. The Kier molecular flexibility index (Phi) is 2.18. The van der Waals surface area contributed by atoms with Crippen LogP contribution in [0.4, 0.5) is 0 Å². The van der Waals surface area contributed by atoms with Gasteiger partial charge in [0.1, 0.15) is 5.58 Å². The average Bonchev–Trinajstić information content (AvgIpc) is 2.27. The quantitative estimate of drug-likeness (QED) is 0.624. The summed E-state index contributed by atoms with van der Waals surface area (Å²) in [6.45, 7) is 0. The maximum atomic E-state index is 11.2. The Morgan fingerprint density at radius 3 is 2.75 bits per heavy atom. The minimum absolute atomic E-state index is 0.175. The lowest BCUT2D eigenvalue weighted by Gasteiger charge is -2.02. The van der Waals surface area contributed by atoms with Crippen LogP contribution in [-0.4, -0.2) is 5.97 Å². The molecule has 16 heavy (non-hydrogen) atoms. The monoisotopic (exact) mass is 214 g/mol. The second-order valence-corrected chi connectivity index (χ2v) is 3.10. The molecular weight excluding hydrogens is 210 g/mol. The van der Waals surface area contributed by atoms with E-state index in [9.17, 15) is 14.7 Å². The zero-order valence-electron chi connectivity index (χ0n) is 7.89. The predicted octanol–water partition coefficient (Wildman–Crippen LogP) is 0.0282. The number of hydrogen-bond donors (Lipinski definition) is 0. The second kappa shape index (κ2) is 3.51. The van der Waals surface area contributed by atoms with E-state index in [4.69, 9.17) is 9.68 Å². The zero-order chi connectivity index (χ0) is 11.7. The number of carboxylic acid groups (broad SMARTS) is 1. The summed E-state index contributed by atoms with van der Waals surface area (Å²) in [5.41, 5.74) is -1.01. The highest BCUT2D eigenvalue weighted by atomic mass is 16.4. The minimum Gasteiger partial charge on any atom is -0.545 e. The van der Waals surface area contributed by atoms with Gasteiger partial charge in [-0.05, 0) is 24.3 Å². The molecule has 0 radical (unpaired) electrons. The summed E-state index contributed by atoms with van der Waals surface area (Å²) in [5, 5.41) is 19.6. The van der Waals surface area contributed by atoms with Gasteiger partial charge >= 0.3 is 5.63 Å². The summed E-state index contributed by atoms with van der Waals surface area (Å²) in [4.78, 5) is 21.8. The van der Waals surface area contributed by atoms with Gasteiger partial charge in [-0.3, -0.25) is 0 Å². The van der Waals surface area contributed by atoms with Gasteiger partial charge in [-0.1, -0.05) is 0 Å². The summed E-state index contributed by atoms with van der Waals surface area (Å²) in [5.74, 6) is -1.58. The molecule has 0 bridgehead atoms. The van der Waals surface area contributed by atoms with Crippen LogP contribution in [0.1, 0.15) is 15.9 Å². The number of benzene rings is 1. The van der Waals surface area contributed by atoms with E-state index in [1.54, 1.807) is 0 Å². The van der Waals surface area contributed by atoms with E-state index in [0.717, 1.165) is 6.07 Å². The van der Waals surface area contributed by atoms with E-state index in [-0.39, 0.29) is 5.58 Å². The van der Waals surface area contributed by atoms with Crippen molar-refractivity contribution >= 4 is 16.9 Å². The van der Waals surface area contributed by atoms with Gasteiger partial charge in [-0.15, -0.1) is 0 Å². The SMILES string of the molecule is N#Cc1ccc2cc(C(=O)[O-])c(=O)oc2c1. The number of aromatic carboxylic acids is 1. The molecule has 0 aliphatic heterocycles. The Hall–Kier alpha value is -2.61. The number of carbonyl (C=O) groups is 1. The first-order valence-corrected chi connectivity index (χ1v) is 4.31. The second-order valence-electron chi connectivity index (χ2n) is 3.10. The summed E-state index contributed by atoms with van der Waals surface area (Å²) in [6, 6.07) is 7.43. The predicted molar refractivity (Wildman–Crippen MR) is 51.5 cm³/mol. The maximum absolute atomic E-state index is 11.2. The van der Waals surface area contributed by atoms with Crippen LogP contribution in [0.5, 0.6) is 0 Å². The molecule has 0 saturated heterocycles. The number of hydrogen-bond acceptors (Lipinski definition) is 5. The molecule has 0 saturated carbocycles. The molecule has 0 aliphatic rings. The van der Waals surface area contributed by atoms with Crippen molar-refractivity contribution in [3.63, 3.8) is 0 Å². The van der Waals surface area contributed by atoms with Gasteiger partial charge in [0.15, 0.2) is 0 Å². The van der Waals surface area contributed by atoms with Crippen LogP contribution in [0.15, 0.2) is 33.5 Å². The lowest BCUT2D eigenvalue weighted by Crippen LogP contribution is -2.28. The summed E-state index contributed by atoms with van der Waals surface area (Å²) >= 11 is 0. The molecule has 2 aromatic rings. The van der Waals surface area contributed by atoms with Crippen LogP contribution in [0.2, 0.25) is 0 Å². The molecule has 1 aromatic carbocycles. The molecule has 0 amide bonds. The number of rotatable bonds is 1. The largest absolute Gasteiger partial charge is 0.545 e. The average molecular weight is 214 g/mol. The van der Waals surface area contributed by atoms with E-state index in [1.165, 1.54) is 18.2 Å². The molecule has 2 rings (SSSR count). The molecule has 1 aromatic heterocycles. The van der Waals surface area contributed by atoms with Crippen molar-refractivity contribution in [1.29, 1.82) is 5.26 Å². The molecule has 0 aliphatic carbocycles. The zero-order valence-corrected chi connectivity index (χ0v) is 7.89. The van der Waals surface area contributed by atoms with Gasteiger partial charge in [0, 0.05) is 5.39 Å². The van der Waals surface area contributed by atoms with Crippen molar-refractivity contribution < 1.29 is 14.3 Å². The molecule has 0 N–H and O–H groups in total. The highest BCUT2D eigenvalue weighted by Gasteiger charge is 2.06.